The Morgan fingerprint density at radius 2 is 2.00 bits per heavy atom. The van der Waals surface area contributed by atoms with Gasteiger partial charge < -0.3 is 14.9 Å². The first kappa shape index (κ1) is 12.9. The standard InChI is InChI=1S/C14H20N2O2/c1-11(17)12-6-3-4-7-13(12)16-9-5-8-15(2)14(18)10-16/h3-4,6-7,11,17H,5,8-10H2,1-2H3/t11-/m0/s1. The van der Waals surface area contributed by atoms with Crippen molar-refractivity contribution in [2.75, 3.05) is 31.6 Å². The van der Waals surface area contributed by atoms with Gasteiger partial charge in [-0.1, -0.05) is 18.2 Å². The van der Waals surface area contributed by atoms with E-state index in [4.69, 9.17) is 0 Å². The molecular formula is C14H20N2O2. The zero-order valence-electron chi connectivity index (χ0n) is 11.0. The molecule has 98 valence electrons. The van der Waals surface area contributed by atoms with Crippen molar-refractivity contribution in [1.29, 1.82) is 0 Å². The number of aliphatic hydroxyl groups is 1. The van der Waals surface area contributed by atoms with E-state index in [1.54, 1.807) is 11.8 Å². The molecular weight excluding hydrogens is 228 g/mol. The quantitative estimate of drug-likeness (QED) is 0.860. The predicted molar refractivity (Wildman–Crippen MR) is 71.5 cm³/mol. The Bertz CT molecular complexity index is 432. The number of likely N-dealkylation sites (N-methyl/N-ethyl adjacent to an activating group) is 1. The lowest BCUT2D eigenvalue weighted by molar-refractivity contribution is -0.127. The second kappa shape index (κ2) is 5.40. The summed E-state index contributed by atoms with van der Waals surface area (Å²) in [4.78, 5) is 15.7. The maximum atomic E-state index is 11.9. The Labute approximate surface area is 108 Å². The van der Waals surface area contributed by atoms with Crippen LogP contribution in [0, 0.1) is 0 Å². The van der Waals surface area contributed by atoms with Crippen molar-refractivity contribution >= 4 is 11.6 Å². The topological polar surface area (TPSA) is 43.8 Å². The van der Waals surface area contributed by atoms with Crippen molar-refractivity contribution < 1.29 is 9.90 Å². The van der Waals surface area contributed by atoms with Crippen LogP contribution in [0.2, 0.25) is 0 Å². The van der Waals surface area contributed by atoms with Gasteiger partial charge in [-0.15, -0.1) is 0 Å². The lowest BCUT2D eigenvalue weighted by Crippen LogP contribution is -2.34. The van der Waals surface area contributed by atoms with Crippen LogP contribution in [-0.2, 0) is 4.79 Å². The summed E-state index contributed by atoms with van der Waals surface area (Å²) in [5, 5.41) is 9.80. The molecule has 2 rings (SSSR count). The molecule has 1 amide bonds. The molecule has 1 N–H and O–H groups in total. The Morgan fingerprint density at radius 3 is 2.72 bits per heavy atom. The lowest BCUT2D eigenvalue weighted by atomic mass is 10.1. The molecule has 1 aliphatic rings. The molecule has 4 heteroatoms. The molecule has 1 saturated heterocycles. The van der Waals surface area contributed by atoms with E-state index >= 15 is 0 Å². The summed E-state index contributed by atoms with van der Waals surface area (Å²) >= 11 is 0. The second-order valence-electron chi connectivity index (χ2n) is 4.83. The van der Waals surface area contributed by atoms with Gasteiger partial charge >= 0.3 is 0 Å². The SMILES string of the molecule is C[C@H](O)c1ccccc1N1CCCN(C)C(=O)C1. The first-order valence-corrected chi connectivity index (χ1v) is 6.35. The highest BCUT2D eigenvalue weighted by atomic mass is 16.3. The number of anilines is 1. The molecule has 0 radical (unpaired) electrons. The Balaban J connectivity index is 2.28. The van der Waals surface area contributed by atoms with E-state index in [2.05, 4.69) is 4.90 Å². The molecule has 0 aliphatic carbocycles. The number of hydrogen-bond donors (Lipinski definition) is 1. The number of para-hydroxylation sites is 1. The van der Waals surface area contributed by atoms with Crippen molar-refractivity contribution in [2.24, 2.45) is 0 Å². The number of amides is 1. The molecule has 18 heavy (non-hydrogen) atoms. The lowest BCUT2D eigenvalue weighted by Gasteiger charge is -2.25. The summed E-state index contributed by atoms with van der Waals surface area (Å²) in [7, 11) is 1.84. The summed E-state index contributed by atoms with van der Waals surface area (Å²) < 4.78 is 0. The van der Waals surface area contributed by atoms with E-state index in [0.29, 0.717) is 6.54 Å². The van der Waals surface area contributed by atoms with Gasteiger partial charge in [0.15, 0.2) is 0 Å². The average Bonchev–Trinajstić information content (AvgIpc) is 2.52. The number of benzene rings is 1. The second-order valence-corrected chi connectivity index (χ2v) is 4.83. The molecule has 4 nitrogen and oxygen atoms in total. The minimum absolute atomic E-state index is 0.132. The van der Waals surface area contributed by atoms with Crippen LogP contribution in [0.25, 0.3) is 0 Å². The van der Waals surface area contributed by atoms with E-state index < -0.39 is 6.10 Å². The van der Waals surface area contributed by atoms with Gasteiger partial charge in [0.1, 0.15) is 0 Å². The smallest absolute Gasteiger partial charge is 0.241 e. The Kier molecular flexibility index (Phi) is 3.87. The summed E-state index contributed by atoms with van der Waals surface area (Å²) in [6.07, 6.45) is 0.438. The van der Waals surface area contributed by atoms with Gasteiger partial charge in [-0.2, -0.15) is 0 Å². The van der Waals surface area contributed by atoms with Gasteiger partial charge in [0.05, 0.1) is 12.6 Å². The maximum absolute atomic E-state index is 11.9. The number of rotatable bonds is 2. The van der Waals surface area contributed by atoms with E-state index in [-0.39, 0.29) is 5.91 Å². The molecule has 0 spiro atoms. The maximum Gasteiger partial charge on any atom is 0.241 e. The summed E-state index contributed by atoms with van der Waals surface area (Å²) in [6, 6.07) is 7.75. The molecule has 1 aromatic carbocycles. The van der Waals surface area contributed by atoms with Gasteiger partial charge in [-0.05, 0) is 19.4 Å². The number of hydrogen-bond acceptors (Lipinski definition) is 3. The molecule has 0 bridgehead atoms. The van der Waals surface area contributed by atoms with Crippen molar-refractivity contribution in [2.45, 2.75) is 19.4 Å². The predicted octanol–water partition coefficient (Wildman–Crippen LogP) is 1.41. The van der Waals surface area contributed by atoms with Crippen LogP contribution >= 0.6 is 0 Å². The monoisotopic (exact) mass is 248 g/mol. The van der Waals surface area contributed by atoms with Crippen LogP contribution in [0.15, 0.2) is 24.3 Å². The third-order valence-corrected chi connectivity index (χ3v) is 3.40. The molecule has 1 fully saturated rings. The van der Waals surface area contributed by atoms with Gasteiger partial charge in [0, 0.05) is 31.4 Å². The fourth-order valence-electron chi connectivity index (χ4n) is 2.32. The first-order valence-electron chi connectivity index (χ1n) is 6.35. The molecule has 0 aromatic heterocycles. The Morgan fingerprint density at radius 1 is 1.28 bits per heavy atom. The molecule has 0 unspecified atom stereocenters. The first-order chi connectivity index (χ1) is 8.59. The van der Waals surface area contributed by atoms with E-state index in [0.717, 1.165) is 30.8 Å². The Hall–Kier alpha value is -1.55. The summed E-state index contributed by atoms with van der Waals surface area (Å²) in [5.41, 5.74) is 1.85. The third-order valence-electron chi connectivity index (χ3n) is 3.40. The molecule has 1 heterocycles. The highest BCUT2D eigenvalue weighted by molar-refractivity contribution is 5.82. The van der Waals surface area contributed by atoms with Gasteiger partial charge in [-0.25, -0.2) is 0 Å². The molecule has 0 saturated carbocycles. The van der Waals surface area contributed by atoms with E-state index in [1.807, 2.05) is 31.3 Å². The van der Waals surface area contributed by atoms with Crippen molar-refractivity contribution in [1.82, 2.24) is 4.90 Å². The summed E-state index contributed by atoms with van der Waals surface area (Å²) in [5.74, 6) is 0.132. The number of aliphatic hydroxyl groups excluding tert-OH is 1. The van der Waals surface area contributed by atoms with Crippen LogP contribution < -0.4 is 4.90 Å². The summed E-state index contributed by atoms with van der Waals surface area (Å²) in [6.45, 7) is 3.79. The zero-order chi connectivity index (χ0) is 13.1. The number of carbonyl (C=O) groups is 1. The van der Waals surface area contributed by atoms with E-state index in [1.165, 1.54) is 0 Å². The van der Waals surface area contributed by atoms with Crippen LogP contribution in [0.1, 0.15) is 25.0 Å². The van der Waals surface area contributed by atoms with Crippen LogP contribution in [-0.4, -0.2) is 42.6 Å². The minimum Gasteiger partial charge on any atom is -0.389 e. The normalized spacial score (nSPS) is 18.7. The largest absolute Gasteiger partial charge is 0.389 e. The van der Waals surface area contributed by atoms with Crippen LogP contribution in [0.4, 0.5) is 5.69 Å². The fraction of sp³-hybridized carbons (Fsp3) is 0.500. The molecule has 1 aliphatic heterocycles. The van der Waals surface area contributed by atoms with Gasteiger partial charge in [0.2, 0.25) is 5.91 Å². The van der Waals surface area contributed by atoms with Crippen LogP contribution in [0.3, 0.4) is 0 Å². The minimum atomic E-state index is -0.516. The molecule has 1 aromatic rings. The van der Waals surface area contributed by atoms with Crippen molar-refractivity contribution in [3.05, 3.63) is 29.8 Å². The number of nitrogens with zero attached hydrogens (tertiary/aromatic N) is 2. The fourth-order valence-corrected chi connectivity index (χ4v) is 2.32. The third kappa shape index (κ3) is 2.64. The highest BCUT2D eigenvalue weighted by Gasteiger charge is 2.21. The zero-order valence-corrected chi connectivity index (χ0v) is 11.0. The average molecular weight is 248 g/mol. The van der Waals surface area contributed by atoms with Gasteiger partial charge in [-0.3, -0.25) is 4.79 Å². The van der Waals surface area contributed by atoms with Crippen molar-refractivity contribution in [3.8, 4) is 0 Å². The molecule has 1 atom stereocenters. The van der Waals surface area contributed by atoms with Crippen LogP contribution in [0.5, 0.6) is 0 Å². The number of carbonyl (C=O) groups excluding carboxylic acids is 1. The van der Waals surface area contributed by atoms with Crippen molar-refractivity contribution in [3.63, 3.8) is 0 Å². The van der Waals surface area contributed by atoms with Gasteiger partial charge in [0.25, 0.3) is 0 Å². The van der Waals surface area contributed by atoms with E-state index in [9.17, 15) is 9.90 Å². The highest BCUT2D eigenvalue weighted by Crippen LogP contribution is 2.26.